The molecule has 72 valence electrons. The minimum Gasteiger partial charge on any atom is -0.392 e. The molecule has 0 radical (unpaired) electrons. The third kappa shape index (κ3) is 3.24. The Kier molecular flexibility index (Phi) is 4.14. The largest absolute Gasteiger partial charge is 0.392 e. The van der Waals surface area contributed by atoms with Crippen LogP contribution in [0.1, 0.15) is 16.6 Å². The van der Waals surface area contributed by atoms with Crippen LogP contribution in [-0.4, -0.2) is 23.7 Å². The summed E-state index contributed by atoms with van der Waals surface area (Å²) in [6, 6.07) is 1.89. The number of amides is 1. The van der Waals surface area contributed by atoms with E-state index >= 15 is 0 Å². The first kappa shape index (κ1) is 10.9. The number of carbonyl (C=O) groups is 1. The second-order valence-electron chi connectivity index (χ2n) is 2.66. The molecule has 0 aliphatic rings. The summed E-state index contributed by atoms with van der Waals surface area (Å²) >= 11 is 3.52. The Labute approximate surface area is 94.3 Å². The molecule has 3 nitrogen and oxygen atoms in total. The zero-order valence-electron chi connectivity index (χ0n) is 7.08. The van der Waals surface area contributed by atoms with Crippen LogP contribution in [0.15, 0.2) is 11.4 Å². The standard InChI is InChI=1S/C8H10INO2S/c1-5(11)4-10-8(12)7-6(9)2-3-13-7/h2-3,5,11H,4H2,1H3,(H,10,12). The maximum atomic E-state index is 11.4. The molecule has 1 amide bonds. The van der Waals surface area contributed by atoms with Crippen molar-refractivity contribution in [2.24, 2.45) is 0 Å². The Bertz CT molecular complexity index is 298. The maximum absolute atomic E-state index is 11.4. The summed E-state index contributed by atoms with van der Waals surface area (Å²) in [6.45, 7) is 1.94. The summed E-state index contributed by atoms with van der Waals surface area (Å²) in [5, 5.41) is 13.5. The Morgan fingerprint density at radius 1 is 1.85 bits per heavy atom. The van der Waals surface area contributed by atoms with Crippen LogP contribution in [0.5, 0.6) is 0 Å². The van der Waals surface area contributed by atoms with Crippen LogP contribution in [-0.2, 0) is 0 Å². The Hall–Kier alpha value is -0.140. The van der Waals surface area contributed by atoms with Crippen molar-refractivity contribution in [3.63, 3.8) is 0 Å². The first-order valence-corrected chi connectivity index (χ1v) is 5.76. The van der Waals surface area contributed by atoms with Crippen LogP contribution in [0.25, 0.3) is 0 Å². The lowest BCUT2D eigenvalue weighted by Crippen LogP contribution is -2.30. The highest BCUT2D eigenvalue weighted by molar-refractivity contribution is 14.1. The lowest BCUT2D eigenvalue weighted by Gasteiger charge is -2.05. The normalized spacial score (nSPS) is 12.5. The first-order valence-electron chi connectivity index (χ1n) is 3.80. The molecule has 0 saturated carbocycles. The summed E-state index contributed by atoms with van der Waals surface area (Å²) in [4.78, 5) is 12.1. The predicted octanol–water partition coefficient (Wildman–Crippen LogP) is 1.46. The van der Waals surface area contributed by atoms with Crippen molar-refractivity contribution >= 4 is 39.8 Å². The molecule has 1 aromatic rings. The molecule has 0 spiro atoms. The highest BCUT2D eigenvalue weighted by atomic mass is 127. The van der Waals surface area contributed by atoms with Crippen LogP contribution < -0.4 is 5.32 Å². The fourth-order valence-corrected chi connectivity index (χ4v) is 2.53. The average molecular weight is 311 g/mol. The van der Waals surface area contributed by atoms with Gasteiger partial charge in [-0.05, 0) is 41.0 Å². The fourth-order valence-electron chi connectivity index (χ4n) is 0.776. The number of aliphatic hydroxyl groups excluding tert-OH is 1. The van der Waals surface area contributed by atoms with Gasteiger partial charge in [0, 0.05) is 10.1 Å². The molecule has 13 heavy (non-hydrogen) atoms. The van der Waals surface area contributed by atoms with Crippen molar-refractivity contribution in [2.75, 3.05) is 6.54 Å². The van der Waals surface area contributed by atoms with Gasteiger partial charge in [0.2, 0.25) is 0 Å². The fraction of sp³-hybridized carbons (Fsp3) is 0.375. The van der Waals surface area contributed by atoms with E-state index in [0.717, 1.165) is 3.57 Å². The molecule has 5 heteroatoms. The molecular formula is C8H10INO2S. The van der Waals surface area contributed by atoms with Crippen molar-refractivity contribution in [3.8, 4) is 0 Å². The topological polar surface area (TPSA) is 49.3 Å². The Morgan fingerprint density at radius 3 is 3.00 bits per heavy atom. The van der Waals surface area contributed by atoms with Crippen molar-refractivity contribution in [1.82, 2.24) is 5.32 Å². The number of aliphatic hydroxyl groups is 1. The Morgan fingerprint density at radius 2 is 2.54 bits per heavy atom. The lowest BCUT2D eigenvalue weighted by atomic mass is 10.4. The van der Waals surface area contributed by atoms with E-state index in [1.807, 2.05) is 11.4 Å². The monoisotopic (exact) mass is 311 g/mol. The van der Waals surface area contributed by atoms with Gasteiger partial charge in [0.15, 0.2) is 0 Å². The van der Waals surface area contributed by atoms with Crippen LogP contribution in [0, 0.1) is 3.57 Å². The van der Waals surface area contributed by atoms with E-state index in [2.05, 4.69) is 27.9 Å². The summed E-state index contributed by atoms with van der Waals surface area (Å²) in [6.07, 6.45) is -0.499. The van der Waals surface area contributed by atoms with Crippen molar-refractivity contribution < 1.29 is 9.90 Å². The quantitative estimate of drug-likeness (QED) is 0.831. The SMILES string of the molecule is CC(O)CNC(=O)c1sccc1I. The van der Waals surface area contributed by atoms with E-state index in [1.54, 1.807) is 6.92 Å². The van der Waals surface area contributed by atoms with Gasteiger partial charge >= 0.3 is 0 Å². The Balaban J connectivity index is 2.54. The highest BCUT2D eigenvalue weighted by Crippen LogP contribution is 2.18. The predicted molar refractivity (Wildman–Crippen MR) is 61.1 cm³/mol. The molecule has 0 aliphatic heterocycles. The summed E-state index contributed by atoms with van der Waals surface area (Å²) in [5.74, 6) is -0.111. The number of hydrogen-bond donors (Lipinski definition) is 2. The van der Waals surface area contributed by atoms with Gasteiger partial charge in [-0.2, -0.15) is 0 Å². The van der Waals surface area contributed by atoms with Crippen LogP contribution >= 0.6 is 33.9 Å². The molecule has 0 fully saturated rings. The first-order chi connectivity index (χ1) is 6.11. The van der Waals surface area contributed by atoms with Gasteiger partial charge in [0.25, 0.3) is 5.91 Å². The molecule has 0 saturated heterocycles. The number of rotatable bonds is 3. The molecule has 2 N–H and O–H groups in total. The van der Waals surface area contributed by atoms with Crippen molar-refractivity contribution in [2.45, 2.75) is 13.0 Å². The maximum Gasteiger partial charge on any atom is 0.262 e. The van der Waals surface area contributed by atoms with Gasteiger partial charge in [-0.1, -0.05) is 0 Å². The van der Waals surface area contributed by atoms with E-state index in [1.165, 1.54) is 11.3 Å². The minimum absolute atomic E-state index is 0.111. The van der Waals surface area contributed by atoms with Crippen LogP contribution in [0.2, 0.25) is 0 Å². The van der Waals surface area contributed by atoms with E-state index < -0.39 is 6.10 Å². The molecule has 0 aromatic carbocycles. The van der Waals surface area contributed by atoms with E-state index in [9.17, 15) is 4.79 Å². The van der Waals surface area contributed by atoms with Crippen molar-refractivity contribution in [3.05, 3.63) is 19.9 Å². The molecule has 1 atom stereocenters. The van der Waals surface area contributed by atoms with Gasteiger partial charge in [-0.25, -0.2) is 0 Å². The van der Waals surface area contributed by atoms with E-state index in [-0.39, 0.29) is 5.91 Å². The minimum atomic E-state index is -0.499. The van der Waals surface area contributed by atoms with Crippen LogP contribution in [0.3, 0.4) is 0 Å². The van der Waals surface area contributed by atoms with E-state index in [0.29, 0.717) is 11.4 Å². The number of thiophene rings is 1. The molecular weight excluding hydrogens is 301 g/mol. The van der Waals surface area contributed by atoms with Gasteiger partial charge in [0.05, 0.1) is 6.10 Å². The van der Waals surface area contributed by atoms with E-state index in [4.69, 9.17) is 5.11 Å². The third-order valence-electron chi connectivity index (χ3n) is 1.38. The van der Waals surface area contributed by atoms with Gasteiger partial charge in [-0.15, -0.1) is 11.3 Å². The van der Waals surface area contributed by atoms with Gasteiger partial charge in [-0.3, -0.25) is 4.79 Å². The number of nitrogens with one attached hydrogen (secondary N) is 1. The lowest BCUT2D eigenvalue weighted by molar-refractivity contribution is 0.0927. The molecule has 1 heterocycles. The number of carbonyl (C=O) groups excluding carboxylic acids is 1. The summed E-state index contributed by atoms with van der Waals surface area (Å²) < 4.78 is 0.950. The molecule has 0 bridgehead atoms. The van der Waals surface area contributed by atoms with Crippen molar-refractivity contribution in [1.29, 1.82) is 0 Å². The molecule has 1 aromatic heterocycles. The zero-order valence-corrected chi connectivity index (χ0v) is 10.1. The van der Waals surface area contributed by atoms with Gasteiger partial charge < -0.3 is 10.4 Å². The molecule has 0 aliphatic carbocycles. The number of halogens is 1. The second-order valence-corrected chi connectivity index (χ2v) is 4.74. The zero-order chi connectivity index (χ0) is 9.84. The smallest absolute Gasteiger partial charge is 0.262 e. The molecule has 1 rings (SSSR count). The van der Waals surface area contributed by atoms with Gasteiger partial charge in [0.1, 0.15) is 4.88 Å². The summed E-state index contributed by atoms with van der Waals surface area (Å²) in [7, 11) is 0. The number of hydrogen-bond acceptors (Lipinski definition) is 3. The molecule has 1 unspecified atom stereocenters. The third-order valence-corrected chi connectivity index (χ3v) is 3.56. The second kappa shape index (κ2) is 4.92. The van der Waals surface area contributed by atoms with Crippen LogP contribution in [0.4, 0.5) is 0 Å². The highest BCUT2D eigenvalue weighted by Gasteiger charge is 2.10. The average Bonchev–Trinajstić information content (AvgIpc) is 2.47. The summed E-state index contributed by atoms with van der Waals surface area (Å²) in [5.41, 5.74) is 0.